The topological polar surface area (TPSA) is 63.0 Å². The fourth-order valence-corrected chi connectivity index (χ4v) is 5.38. The molecule has 0 bridgehead atoms. The summed E-state index contributed by atoms with van der Waals surface area (Å²) in [7, 11) is -1.77. The number of aryl methyl sites for hydroxylation is 1. The zero-order valence-electron chi connectivity index (χ0n) is 13.2. The Bertz CT molecular complexity index is 613. The van der Waals surface area contributed by atoms with E-state index < -0.39 is 10.2 Å². The minimum Gasteiger partial charge on any atom is -0.465 e. The van der Waals surface area contributed by atoms with Gasteiger partial charge >= 0.3 is 0 Å². The van der Waals surface area contributed by atoms with Gasteiger partial charge in [0, 0.05) is 26.7 Å². The Morgan fingerprint density at radius 1 is 1.32 bits per heavy atom. The fourth-order valence-electron chi connectivity index (χ4n) is 3.46. The number of rotatable bonds is 5. The van der Waals surface area contributed by atoms with Crippen LogP contribution in [0.1, 0.15) is 36.8 Å². The van der Waals surface area contributed by atoms with Crippen molar-refractivity contribution in [3.05, 3.63) is 23.7 Å². The number of nitrogens with zero attached hydrogens (tertiary/aromatic N) is 2. The molecule has 0 N–H and O–H groups in total. The molecule has 2 aliphatic rings. The predicted octanol–water partition coefficient (Wildman–Crippen LogP) is 1.94. The molecule has 124 valence electrons. The van der Waals surface area contributed by atoms with Crippen LogP contribution in [0, 0.1) is 12.8 Å². The molecular formula is C15H24N2O4S. The Hall–Kier alpha value is -0.890. The SMILES string of the molecule is COCC1CCN(S(=O)(=O)N2CCCC2c2ccc(C)o2)C1. The van der Waals surface area contributed by atoms with Crippen LogP contribution in [0.4, 0.5) is 0 Å². The van der Waals surface area contributed by atoms with Gasteiger partial charge in [-0.15, -0.1) is 0 Å². The van der Waals surface area contributed by atoms with E-state index in [0.29, 0.717) is 32.2 Å². The van der Waals surface area contributed by atoms with Crippen LogP contribution in [0.2, 0.25) is 0 Å². The molecule has 0 spiro atoms. The highest BCUT2D eigenvalue weighted by Crippen LogP contribution is 2.37. The lowest BCUT2D eigenvalue weighted by atomic mass is 10.1. The van der Waals surface area contributed by atoms with Gasteiger partial charge in [-0.1, -0.05) is 0 Å². The van der Waals surface area contributed by atoms with E-state index in [1.54, 1.807) is 15.7 Å². The van der Waals surface area contributed by atoms with Crippen LogP contribution in [0.3, 0.4) is 0 Å². The molecule has 0 saturated carbocycles. The summed E-state index contributed by atoms with van der Waals surface area (Å²) in [4.78, 5) is 0. The van der Waals surface area contributed by atoms with Crippen LogP contribution in [-0.2, 0) is 14.9 Å². The fraction of sp³-hybridized carbons (Fsp3) is 0.733. The zero-order chi connectivity index (χ0) is 15.7. The van der Waals surface area contributed by atoms with Crippen molar-refractivity contribution in [3.63, 3.8) is 0 Å². The second kappa shape index (κ2) is 6.31. The van der Waals surface area contributed by atoms with E-state index in [4.69, 9.17) is 9.15 Å². The van der Waals surface area contributed by atoms with Gasteiger partial charge in [0.15, 0.2) is 0 Å². The largest absolute Gasteiger partial charge is 0.465 e. The molecule has 2 fully saturated rings. The summed E-state index contributed by atoms with van der Waals surface area (Å²) in [6.07, 6.45) is 2.56. The molecule has 1 aromatic heterocycles. The second-order valence-electron chi connectivity index (χ2n) is 6.19. The van der Waals surface area contributed by atoms with E-state index in [9.17, 15) is 8.42 Å². The second-order valence-corrected chi connectivity index (χ2v) is 8.07. The van der Waals surface area contributed by atoms with Crippen molar-refractivity contribution in [2.75, 3.05) is 33.4 Å². The first kappa shape index (κ1) is 16.0. The lowest BCUT2D eigenvalue weighted by molar-refractivity contribution is 0.157. The molecule has 2 unspecified atom stereocenters. The molecular weight excluding hydrogens is 304 g/mol. The van der Waals surface area contributed by atoms with Crippen LogP contribution in [0.15, 0.2) is 16.5 Å². The summed E-state index contributed by atoms with van der Waals surface area (Å²) in [5.41, 5.74) is 0. The molecule has 2 saturated heterocycles. The van der Waals surface area contributed by atoms with Crippen molar-refractivity contribution < 1.29 is 17.6 Å². The first-order chi connectivity index (χ1) is 10.5. The van der Waals surface area contributed by atoms with Crippen molar-refractivity contribution in [3.8, 4) is 0 Å². The van der Waals surface area contributed by atoms with E-state index in [1.807, 2.05) is 19.1 Å². The molecule has 6 nitrogen and oxygen atoms in total. The third kappa shape index (κ3) is 2.95. The summed E-state index contributed by atoms with van der Waals surface area (Å²) >= 11 is 0. The van der Waals surface area contributed by atoms with E-state index in [0.717, 1.165) is 30.8 Å². The summed E-state index contributed by atoms with van der Waals surface area (Å²) < 4.78 is 39.9. The molecule has 3 rings (SSSR count). The number of hydrogen-bond donors (Lipinski definition) is 0. The maximum absolute atomic E-state index is 12.9. The summed E-state index contributed by atoms with van der Waals surface area (Å²) in [6, 6.07) is 3.62. The van der Waals surface area contributed by atoms with Gasteiger partial charge in [0.2, 0.25) is 0 Å². The highest BCUT2D eigenvalue weighted by atomic mass is 32.2. The average Bonchev–Trinajstić information content (AvgIpc) is 3.17. The van der Waals surface area contributed by atoms with Gasteiger partial charge < -0.3 is 9.15 Å². The highest BCUT2D eigenvalue weighted by Gasteiger charge is 2.42. The molecule has 2 aliphatic heterocycles. The van der Waals surface area contributed by atoms with Crippen molar-refractivity contribution in [1.29, 1.82) is 0 Å². The molecule has 0 aromatic carbocycles. The van der Waals surface area contributed by atoms with Crippen molar-refractivity contribution in [2.45, 2.75) is 32.2 Å². The van der Waals surface area contributed by atoms with Crippen LogP contribution < -0.4 is 0 Å². The highest BCUT2D eigenvalue weighted by molar-refractivity contribution is 7.86. The molecule has 7 heteroatoms. The summed E-state index contributed by atoms with van der Waals surface area (Å²) in [5.74, 6) is 1.87. The number of methoxy groups -OCH3 is 1. The number of ether oxygens (including phenoxy) is 1. The average molecular weight is 328 g/mol. The lowest BCUT2D eigenvalue weighted by Gasteiger charge is -2.27. The molecule has 0 amide bonds. The Balaban J connectivity index is 1.76. The third-order valence-electron chi connectivity index (χ3n) is 4.57. The van der Waals surface area contributed by atoms with Crippen molar-refractivity contribution in [1.82, 2.24) is 8.61 Å². The first-order valence-corrected chi connectivity index (χ1v) is 9.24. The van der Waals surface area contributed by atoms with Gasteiger partial charge in [-0.2, -0.15) is 17.0 Å². The summed E-state index contributed by atoms with van der Waals surface area (Å²) in [5, 5.41) is 0. The van der Waals surface area contributed by atoms with Gasteiger partial charge in [0.1, 0.15) is 11.5 Å². The number of furan rings is 1. The molecule has 2 atom stereocenters. The Labute approximate surface area is 132 Å². The van der Waals surface area contributed by atoms with Gasteiger partial charge in [0.25, 0.3) is 10.2 Å². The van der Waals surface area contributed by atoms with Gasteiger partial charge in [-0.05, 0) is 44.2 Å². The van der Waals surface area contributed by atoms with Crippen molar-refractivity contribution in [2.24, 2.45) is 5.92 Å². The molecule has 0 radical (unpaired) electrons. The minimum absolute atomic E-state index is 0.167. The van der Waals surface area contributed by atoms with E-state index in [-0.39, 0.29) is 6.04 Å². The van der Waals surface area contributed by atoms with Gasteiger partial charge in [-0.25, -0.2) is 0 Å². The predicted molar refractivity (Wildman–Crippen MR) is 82.6 cm³/mol. The van der Waals surface area contributed by atoms with E-state index in [1.165, 1.54) is 0 Å². The van der Waals surface area contributed by atoms with Crippen LogP contribution in [0.5, 0.6) is 0 Å². The zero-order valence-corrected chi connectivity index (χ0v) is 14.0. The quantitative estimate of drug-likeness (QED) is 0.829. The monoisotopic (exact) mass is 328 g/mol. The lowest BCUT2D eigenvalue weighted by Crippen LogP contribution is -2.42. The number of hydrogen-bond acceptors (Lipinski definition) is 4. The standard InChI is InChI=1S/C15H24N2O4S/c1-12-5-6-15(21-12)14-4-3-8-17(14)22(18,19)16-9-7-13(10-16)11-20-2/h5-6,13-14H,3-4,7-11H2,1-2H3. The maximum atomic E-state index is 12.9. The normalized spacial score (nSPS) is 27.7. The molecule has 3 heterocycles. The molecule has 1 aromatic rings. The Morgan fingerprint density at radius 3 is 2.82 bits per heavy atom. The van der Waals surface area contributed by atoms with E-state index >= 15 is 0 Å². The van der Waals surface area contributed by atoms with E-state index in [2.05, 4.69) is 0 Å². The van der Waals surface area contributed by atoms with Crippen molar-refractivity contribution >= 4 is 10.2 Å². The Morgan fingerprint density at radius 2 is 2.14 bits per heavy atom. The van der Waals surface area contributed by atoms with Crippen LogP contribution in [0.25, 0.3) is 0 Å². The van der Waals surface area contributed by atoms with Crippen LogP contribution >= 0.6 is 0 Å². The Kier molecular flexibility index (Phi) is 4.59. The third-order valence-corrected chi connectivity index (χ3v) is 6.58. The van der Waals surface area contributed by atoms with Gasteiger partial charge in [0.05, 0.1) is 12.6 Å². The summed E-state index contributed by atoms with van der Waals surface area (Å²) in [6.45, 7) is 4.20. The molecule has 22 heavy (non-hydrogen) atoms. The minimum atomic E-state index is -3.43. The van der Waals surface area contributed by atoms with Crippen LogP contribution in [-0.4, -0.2) is 50.4 Å². The molecule has 0 aliphatic carbocycles. The van der Waals surface area contributed by atoms with Gasteiger partial charge in [-0.3, -0.25) is 0 Å². The smallest absolute Gasteiger partial charge is 0.282 e. The maximum Gasteiger partial charge on any atom is 0.282 e. The first-order valence-electron chi connectivity index (χ1n) is 7.84.